The molecule has 4 nitrogen and oxygen atoms in total. The van der Waals surface area contributed by atoms with Gasteiger partial charge in [-0.2, -0.15) is 0 Å². The number of hydrogen-bond acceptors (Lipinski definition) is 2. The zero-order chi connectivity index (χ0) is 18.6. The minimum Gasteiger partial charge on any atom is -0.267 e. The van der Waals surface area contributed by atoms with E-state index < -0.39 is 11.4 Å². The van der Waals surface area contributed by atoms with E-state index in [4.69, 9.17) is 6.42 Å². The quantitative estimate of drug-likeness (QED) is 0.619. The highest BCUT2D eigenvalue weighted by molar-refractivity contribution is 6.08. The summed E-state index contributed by atoms with van der Waals surface area (Å²) in [5.41, 5.74) is 1.35. The topological polar surface area (TPSA) is 40.6 Å². The first-order chi connectivity index (χ1) is 11.8. The number of para-hydroxylation sites is 1. The van der Waals surface area contributed by atoms with Crippen LogP contribution in [0, 0.1) is 19.3 Å². The molecule has 0 aromatic heterocycles. The minimum atomic E-state index is -0.664. The van der Waals surface area contributed by atoms with Crippen LogP contribution < -0.4 is 5.01 Å². The Kier molecular flexibility index (Phi) is 5.29. The average molecular weight is 334 g/mol. The molecule has 2 rings (SSSR count). The smallest absolute Gasteiger partial charge is 0.267 e. The molecule has 0 aliphatic heterocycles. The molecule has 0 aliphatic carbocycles. The van der Waals surface area contributed by atoms with Crippen molar-refractivity contribution in [1.82, 2.24) is 5.01 Å². The summed E-state index contributed by atoms with van der Waals surface area (Å²) < 4.78 is 0. The van der Waals surface area contributed by atoms with E-state index in [-0.39, 0.29) is 5.91 Å². The monoisotopic (exact) mass is 334 g/mol. The molecule has 0 N–H and O–H groups in total. The van der Waals surface area contributed by atoms with Crippen LogP contribution in [0.5, 0.6) is 0 Å². The first kappa shape index (κ1) is 18.3. The van der Waals surface area contributed by atoms with E-state index in [0.29, 0.717) is 11.3 Å². The normalized spacial score (nSPS) is 10.7. The Morgan fingerprint density at radius 3 is 2.16 bits per heavy atom. The van der Waals surface area contributed by atoms with E-state index in [0.717, 1.165) is 5.56 Å². The van der Waals surface area contributed by atoms with Crippen LogP contribution in [0.25, 0.3) is 0 Å². The predicted molar refractivity (Wildman–Crippen MR) is 99.9 cm³/mol. The van der Waals surface area contributed by atoms with Crippen LogP contribution in [0.15, 0.2) is 54.6 Å². The molecule has 0 bridgehead atoms. The summed E-state index contributed by atoms with van der Waals surface area (Å²) in [6.45, 7) is 7.50. The number of benzene rings is 2. The van der Waals surface area contributed by atoms with Crippen molar-refractivity contribution in [2.75, 3.05) is 5.01 Å². The molecular weight excluding hydrogens is 312 g/mol. The molecule has 0 aliphatic rings. The van der Waals surface area contributed by atoms with Crippen LogP contribution in [0.4, 0.5) is 5.69 Å². The van der Waals surface area contributed by atoms with Gasteiger partial charge in [0.25, 0.3) is 5.91 Å². The zero-order valence-corrected chi connectivity index (χ0v) is 15.0. The van der Waals surface area contributed by atoms with Crippen LogP contribution in [-0.4, -0.2) is 22.4 Å². The Hall–Kier alpha value is -3.06. The summed E-state index contributed by atoms with van der Waals surface area (Å²) in [5, 5.41) is 2.68. The van der Waals surface area contributed by atoms with Crippen molar-refractivity contribution in [3.63, 3.8) is 0 Å². The Labute approximate surface area is 149 Å². The average Bonchev–Trinajstić information content (AvgIpc) is 2.58. The lowest BCUT2D eigenvalue weighted by molar-refractivity contribution is -0.116. The van der Waals surface area contributed by atoms with Gasteiger partial charge in [-0.25, -0.2) is 10.0 Å². The summed E-state index contributed by atoms with van der Waals surface area (Å²) in [4.78, 5) is 25.7. The maximum absolute atomic E-state index is 13.2. The molecule has 0 saturated heterocycles. The number of aryl methyl sites for hydroxylation is 1. The van der Waals surface area contributed by atoms with Gasteiger partial charge in [-0.15, -0.1) is 6.42 Å². The molecule has 2 aromatic rings. The third-order valence-electron chi connectivity index (χ3n) is 3.61. The molecule has 2 amide bonds. The number of hydrogen-bond donors (Lipinski definition) is 0. The third kappa shape index (κ3) is 4.07. The number of hydrazine groups is 1. The molecule has 0 unspecified atom stereocenters. The maximum atomic E-state index is 13.2. The molecular formula is C21H22N2O2. The second-order valence-corrected chi connectivity index (χ2v) is 6.75. The Bertz CT molecular complexity index is 814. The highest BCUT2D eigenvalue weighted by Gasteiger charge is 2.36. The third-order valence-corrected chi connectivity index (χ3v) is 3.61. The van der Waals surface area contributed by atoms with Gasteiger partial charge in [-0.1, -0.05) is 35.9 Å². The molecule has 0 fully saturated rings. The minimum absolute atomic E-state index is 0.288. The van der Waals surface area contributed by atoms with E-state index in [2.05, 4.69) is 5.92 Å². The van der Waals surface area contributed by atoms with E-state index in [9.17, 15) is 9.59 Å². The summed E-state index contributed by atoms with van der Waals surface area (Å²) in [7, 11) is 0. The SMILES string of the molecule is C#CC(=O)N(c1ccccc1)N(C(=O)c1cccc(C)c1)C(C)(C)C. The van der Waals surface area contributed by atoms with Gasteiger partial charge in [0.1, 0.15) is 0 Å². The van der Waals surface area contributed by atoms with Crippen LogP contribution in [0.2, 0.25) is 0 Å². The van der Waals surface area contributed by atoms with E-state index >= 15 is 0 Å². The zero-order valence-electron chi connectivity index (χ0n) is 15.0. The van der Waals surface area contributed by atoms with E-state index in [1.54, 1.807) is 36.4 Å². The summed E-state index contributed by atoms with van der Waals surface area (Å²) in [5.74, 6) is 1.24. The van der Waals surface area contributed by atoms with Gasteiger partial charge in [-0.3, -0.25) is 9.59 Å². The van der Waals surface area contributed by atoms with Crippen molar-refractivity contribution in [2.24, 2.45) is 0 Å². The lowest BCUT2D eigenvalue weighted by atomic mass is 10.0. The van der Waals surface area contributed by atoms with E-state index in [1.807, 2.05) is 45.9 Å². The maximum Gasteiger partial charge on any atom is 0.321 e. The molecule has 25 heavy (non-hydrogen) atoms. The van der Waals surface area contributed by atoms with Crippen LogP contribution >= 0.6 is 0 Å². The van der Waals surface area contributed by atoms with Crippen molar-refractivity contribution >= 4 is 17.5 Å². The molecule has 128 valence electrons. The number of amides is 2. The van der Waals surface area contributed by atoms with Crippen LogP contribution in [0.3, 0.4) is 0 Å². The number of carbonyl (C=O) groups is 2. The first-order valence-corrected chi connectivity index (χ1v) is 8.02. The largest absolute Gasteiger partial charge is 0.321 e. The summed E-state index contributed by atoms with van der Waals surface area (Å²) >= 11 is 0. The number of rotatable bonds is 2. The molecule has 0 atom stereocenters. The molecule has 0 heterocycles. The van der Waals surface area contributed by atoms with Crippen molar-refractivity contribution in [3.05, 3.63) is 65.7 Å². The van der Waals surface area contributed by atoms with Gasteiger partial charge in [0.05, 0.1) is 11.2 Å². The van der Waals surface area contributed by atoms with Gasteiger partial charge in [0, 0.05) is 5.56 Å². The van der Waals surface area contributed by atoms with Gasteiger partial charge in [-0.05, 0) is 57.9 Å². The second-order valence-electron chi connectivity index (χ2n) is 6.75. The number of anilines is 1. The van der Waals surface area contributed by atoms with Gasteiger partial charge in [0.2, 0.25) is 0 Å². The molecule has 0 radical (unpaired) electrons. The standard InChI is InChI=1S/C21H22N2O2/c1-6-19(24)22(18-13-8-7-9-14-18)23(21(3,4)5)20(25)17-12-10-11-16(2)15-17/h1,7-15H,2-5H3. The van der Waals surface area contributed by atoms with Crippen LogP contribution in [0.1, 0.15) is 36.7 Å². The van der Waals surface area contributed by atoms with Crippen LogP contribution in [-0.2, 0) is 4.79 Å². The second kappa shape index (κ2) is 7.23. The highest BCUT2D eigenvalue weighted by atomic mass is 16.2. The first-order valence-electron chi connectivity index (χ1n) is 8.02. The van der Waals surface area contributed by atoms with Gasteiger partial charge in [0.15, 0.2) is 0 Å². The van der Waals surface area contributed by atoms with Crippen molar-refractivity contribution < 1.29 is 9.59 Å². The lowest BCUT2D eigenvalue weighted by Gasteiger charge is -2.42. The van der Waals surface area contributed by atoms with Crippen molar-refractivity contribution in [2.45, 2.75) is 33.2 Å². The molecule has 2 aromatic carbocycles. The fourth-order valence-electron chi connectivity index (χ4n) is 2.55. The lowest BCUT2D eigenvalue weighted by Crippen LogP contribution is -2.58. The molecule has 0 spiro atoms. The Morgan fingerprint density at radius 1 is 1.00 bits per heavy atom. The van der Waals surface area contributed by atoms with Crippen molar-refractivity contribution in [1.29, 1.82) is 0 Å². The van der Waals surface area contributed by atoms with Crippen molar-refractivity contribution in [3.8, 4) is 12.3 Å². The predicted octanol–water partition coefficient (Wildman–Crippen LogP) is 3.82. The summed E-state index contributed by atoms with van der Waals surface area (Å²) in [6.07, 6.45) is 5.38. The highest BCUT2D eigenvalue weighted by Crippen LogP contribution is 2.26. The van der Waals surface area contributed by atoms with E-state index in [1.165, 1.54) is 10.0 Å². The fraction of sp³-hybridized carbons (Fsp3) is 0.238. The van der Waals surface area contributed by atoms with Gasteiger partial charge >= 0.3 is 5.91 Å². The number of nitrogens with zero attached hydrogens (tertiary/aromatic N) is 2. The van der Waals surface area contributed by atoms with Gasteiger partial charge < -0.3 is 0 Å². The fourth-order valence-corrected chi connectivity index (χ4v) is 2.55. The molecule has 0 saturated carbocycles. The number of terminal acetylenes is 1. The number of carbonyl (C=O) groups excluding carboxylic acids is 2. The molecule has 4 heteroatoms. The Balaban J connectivity index is 2.60. The summed E-state index contributed by atoms with van der Waals surface area (Å²) in [6, 6.07) is 16.2. The Morgan fingerprint density at radius 2 is 1.64 bits per heavy atom.